The second kappa shape index (κ2) is 6.07. The first kappa shape index (κ1) is 14.6. The average molecular weight is 274 g/mol. The van der Waals surface area contributed by atoms with Gasteiger partial charge >= 0.3 is 0 Å². The van der Waals surface area contributed by atoms with Crippen LogP contribution >= 0.6 is 0 Å². The molecule has 1 fully saturated rings. The number of amides is 2. The van der Waals surface area contributed by atoms with Crippen LogP contribution in [0.4, 0.5) is 0 Å². The Balaban J connectivity index is 2.12. The van der Waals surface area contributed by atoms with Crippen molar-refractivity contribution in [1.82, 2.24) is 10.2 Å². The van der Waals surface area contributed by atoms with E-state index in [2.05, 4.69) is 5.32 Å². The lowest BCUT2D eigenvalue weighted by Crippen LogP contribution is -2.64. The van der Waals surface area contributed by atoms with Gasteiger partial charge in [0.05, 0.1) is 0 Å². The Bertz CT molecular complexity index is 485. The van der Waals surface area contributed by atoms with Gasteiger partial charge in [-0.15, -0.1) is 0 Å². The summed E-state index contributed by atoms with van der Waals surface area (Å²) < 4.78 is 0. The molecule has 108 valence electrons. The monoisotopic (exact) mass is 274 g/mol. The molecule has 1 aliphatic heterocycles. The van der Waals surface area contributed by atoms with Gasteiger partial charge in [-0.3, -0.25) is 9.59 Å². The number of hydrogen-bond donors (Lipinski definition) is 1. The van der Waals surface area contributed by atoms with E-state index in [1.807, 2.05) is 44.2 Å². The van der Waals surface area contributed by atoms with Crippen LogP contribution in [0.5, 0.6) is 0 Å². The molecule has 4 heteroatoms. The second-order valence-corrected chi connectivity index (χ2v) is 5.69. The third kappa shape index (κ3) is 3.00. The molecule has 2 atom stereocenters. The molecule has 0 aromatic heterocycles. The lowest BCUT2D eigenvalue weighted by molar-refractivity contribution is -0.150. The molecule has 0 bridgehead atoms. The third-order valence-corrected chi connectivity index (χ3v) is 3.73. The van der Waals surface area contributed by atoms with Crippen LogP contribution in [0.25, 0.3) is 0 Å². The summed E-state index contributed by atoms with van der Waals surface area (Å²) in [7, 11) is 0. The predicted octanol–water partition coefficient (Wildman–Crippen LogP) is 1.60. The number of hydrogen-bond acceptors (Lipinski definition) is 2. The van der Waals surface area contributed by atoms with Gasteiger partial charge in [0.15, 0.2) is 0 Å². The van der Waals surface area contributed by atoms with Crippen LogP contribution < -0.4 is 5.32 Å². The van der Waals surface area contributed by atoms with Crippen molar-refractivity contribution in [2.75, 3.05) is 6.54 Å². The number of carbonyl (C=O) groups excluding carboxylic acids is 2. The number of carbonyl (C=O) groups is 2. The molecule has 0 radical (unpaired) electrons. The van der Waals surface area contributed by atoms with Crippen molar-refractivity contribution >= 4 is 11.8 Å². The van der Waals surface area contributed by atoms with E-state index < -0.39 is 6.04 Å². The molecule has 4 nitrogen and oxygen atoms in total. The van der Waals surface area contributed by atoms with Gasteiger partial charge in [0, 0.05) is 6.54 Å². The van der Waals surface area contributed by atoms with E-state index in [4.69, 9.17) is 0 Å². The zero-order valence-corrected chi connectivity index (χ0v) is 12.3. The molecule has 1 saturated heterocycles. The van der Waals surface area contributed by atoms with Gasteiger partial charge in [-0.05, 0) is 24.8 Å². The summed E-state index contributed by atoms with van der Waals surface area (Å²) in [6.07, 6.45) is 0.774. The topological polar surface area (TPSA) is 49.4 Å². The highest BCUT2D eigenvalue weighted by molar-refractivity contribution is 5.96. The van der Waals surface area contributed by atoms with Gasteiger partial charge in [0.1, 0.15) is 12.1 Å². The molecule has 2 amide bonds. The molecule has 1 aliphatic rings. The van der Waals surface area contributed by atoms with Crippen LogP contribution in [0.1, 0.15) is 26.3 Å². The maximum atomic E-state index is 12.3. The lowest BCUT2D eigenvalue weighted by Gasteiger charge is -2.40. The Morgan fingerprint density at radius 3 is 2.45 bits per heavy atom. The Kier molecular flexibility index (Phi) is 4.42. The minimum atomic E-state index is -0.423. The minimum Gasteiger partial charge on any atom is -0.343 e. The van der Waals surface area contributed by atoms with Crippen LogP contribution in [0.2, 0.25) is 0 Å². The van der Waals surface area contributed by atoms with E-state index in [1.165, 1.54) is 5.56 Å². The first-order chi connectivity index (χ1) is 9.50. The van der Waals surface area contributed by atoms with Gasteiger partial charge in [-0.2, -0.15) is 0 Å². The summed E-state index contributed by atoms with van der Waals surface area (Å²) in [5.74, 6) is 0.0848. The fourth-order valence-electron chi connectivity index (χ4n) is 2.69. The highest BCUT2D eigenvalue weighted by atomic mass is 16.2. The Morgan fingerprint density at radius 2 is 1.85 bits per heavy atom. The zero-order valence-electron chi connectivity index (χ0n) is 12.3. The fraction of sp³-hybridized carbons (Fsp3) is 0.500. The van der Waals surface area contributed by atoms with Gasteiger partial charge in [-0.1, -0.05) is 44.2 Å². The molecular formula is C16H22N2O2. The van der Waals surface area contributed by atoms with Crippen LogP contribution in [0, 0.1) is 5.92 Å². The second-order valence-electron chi connectivity index (χ2n) is 5.69. The van der Waals surface area contributed by atoms with Crippen LogP contribution in [0.3, 0.4) is 0 Å². The molecule has 2 unspecified atom stereocenters. The van der Waals surface area contributed by atoms with Crippen molar-refractivity contribution in [1.29, 1.82) is 0 Å². The van der Waals surface area contributed by atoms with Crippen LogP contribution in [-0.4, -0.2) is 35.3 Å². The Morgan fingerprint density at radius 1 is 1.20 bits per heavy atom. The Labute approximate surface area is 120 Å². The number of rotatable bonds is 4. The van der Waals surface area contributed by atoms with Gasteiger partial charge in [0.25, 0.3) is 0 Å². The zero-order chi connectivity index (χ0) is 14.7. The molecule has 0 spiro atoms. The maximum Gasteiger partial charge on any atom is 0.245 e. The molecule has 1 aromatic rings. The molecule has 0 aliphatic carbocycles. The third-order valence-electron chi connectivity index (χ3n) is 3.73. The predicted molar refractivity (Wildman–Crippen MR) is 78.1 cm³/mol. The van der Waals surface area contributed by atoms with Gasteiger partial charge < -0.3 is 10.2 Å². The van der Waals surface area contributed by atoms with Crippen molar-refractivity contribution in [3.63, 3.8) is 0 Å². The smallest absolute Gasteiger partial charge is 0.245 e. The standard InChI is InChI=1S/C16H22N2O2/c1-11(2)14-15(19)17-12(3)16(20)18(14)10-9-13-7-5-4-6-8-13/h4-8,11-12,14H,9-10H2,1-3H3,(H,17,19). The first-order valence-corrected chi connectivity index (χ1v) is 7.15. The summed E-state index contributed by atoms with van der Waals surface area (Å²) in [6.45, 7) is 6.28. The lowest BCUT2D eigenvalue weighted by atomic mass is 9.96. The summed E-state index contributed by atoms with van der Waals surface area (Å²) in [5, 5.41) is 2.76. The molecule has 1 aromatic carbocycles. The SMILES string of the molecule is CC1NC(=O)C(C(C)C)N(CCc2ccccc2)C1=O. The number of piperazine rings is 1. The summed E-state index contributed by atoms with van der Waals surface area (Å²) >= 11 is 0. The van der Waals surface area contributed by atoms with E-state index in [-0.39, 0.29) is 23.8 Å². The van der Waals surface area contributed by atoms with Crippen molar-refractivity contribution in [2.24, 2.45) is 5.92 Å². The van der Waals surface area contributed by atoms with E-state index >= 15 is 0 Å². The van der Waals surface area contributed by atoms with Crippen molar-refractivity contribution < 1.29 is 9.59 Å². The Hall–Kier alpha value is -1.84. The van der Waals surface area contributed by atoms with Crippen molar-refractivity contribution in [3.05, 3.63) is 35.9 Å². The number of nitrogens with zero attached hydrogens (tertiary/aromatic N) is 1. The normalized spacial score (nSPS) is 23.1. The van der Waals surface area contributed by atoms with Gasteiger partial charge in [-0.25, -0.2) is 0 Å². The van der Waals surface area contributed by atoms with E-state index in [0.717, 1.165) is 6.42 Å². The molecular weight excluding hydrogens is 252 g/mol. The summed E-state index contributed by atoms with van der Waals surface area (Å²) in [4.78, 5) is 26.2. The molecule has 1 heterocycles. The molecule has 20 heavy (non-hydrogen) atoms. The molecule has 0 saturated carbocycles. The van der Waals surface area contributed by atoms with Crippen molar-refractivity contribution in [3.8, 4) is 0 Å². The number of nitrogens with one attached hydrogen (secondary N) is 1. The largest absolute Gasteiger partial charge is 0.343 e. The van der Waals surface area contributed by atoms with Gasteiger partial charge in [0.2, 0.25) is 11.8 Å². The van der Waals surface area contributed by atoms with E-state index in [9.17, 15) is 9.59 Å². The van der Waals surface area contributed by atoms with E-state index in [1.54, 1.807) is 11.8 Å². The summed E-state index contributed by atoms with van der Waals surface area (Å²) in [6, 6.07) is 9.26. The summed E-state index contributed by atoms with van der Waals surface area (Å²) in [5.41, 5.74) is 1.18. The maximum absolute atomic E-state index is 12.3. The molecule has 1 N–H and O–H groups in total. The average Bonchev–Trinajstić information content (AvgIpc) is 2.41. The van der Waals surface area contributed by atoms with E-state index in [0.29, 0.717) is 6.54 Å². The fourth-order valence-corrected chi connectivity index (χ4v) is 2.69. The quantitative estimate of drug-likeness (QED) is 0.906. The minimum absolute atomic E-state index is 0.0132. The highest BCUT2D eigenvalue weighted by Gasteiger charge is 2.39. The number of benzene rings is 1. The highest BCUT2D eigenvalue weighted by Crippen LogP contribution is 2.18. The first-order valence-electron chi connectivity index (χ1n) is 7.15. The van der Waals surface area contributed by atoms with Crippen LogP contribution in [0.15, 0.2) is 30.3 Å². The van der Waals surface area contributed by atoms with Crippen LogP contribution in [-0.2, 0) is 16.0 Å². The van der Waals surface area contributed by atoms with Crippen molar-refractivity contribution in [2.45, 2.75) is 39.3 Å². The molecule has 2 rings (SSSR count).